The van der Waals surface area contributed by atoms with Crippen molar-refractivity contribution in [2.45, 2.75) is 19.9 Å². The number of amides is 1. The summed E-state index contributed by atoms with van der Waals surface area (Å²) in [4.78, 5) is 11.6. The minimum absolute atomic E-state index is 0. The molecule has 0 heterocycles. The molecule has 3 N–H and O–H groups in total. The highest BCUT2D eigenvalue weighted by Crippen LogP contribution is 2.08. The van der Waals surface area contributed by atoms with Crippen LogP contribution in [0.2, 0.25) is 0 Å². The van der Waals surface area contributed by atoms with Gasteiger partial charge in [-0.3, -0.25) is 4.79 Å². The van der Waals surface area contributed by atoms with Crippen LogP contribution in [0.25, 0.3) is 0 Å². The average molecular weight is 247 g/mol. The largest absolute Gasteiger partial charge is 0.348 e. The van der Waals surface area contributed by atoms with E-state index in [1.165, 1.54) is 12.1 Å². The van der Waals surface area contributed by atoms with Crippen LogP contribution in [0, 0.1) is 12.7 Å². The lowest BCUT2D eigenvalue weighted by Crippen LogP contribution is -2.37. The number of carbonyl (C=O) groups excluding carboxylic acids is 1. The molecule has 0 aliphatic carbocycles. The van der Waals surface area contributed by atoms with E-state index in [0.717, 1.165) is 5.56 Å². The molecule has 0 saturated carbocycles. The Morgan fingerprint density at radius 2 is 2.12 bits per heavy atom. The molecule has 0 radical (unpaired) electrons. The van der Waals surface area contributed by atoms with E-state index in [-0.39, 0.29) is 24.4 Å². The van der Waals surface area contributed by atoms with E-state index in [1.54, 1.807) is 19.9 Å². The van der Waals surface area contributed by atoms with E-state index < -0.39 is 5.82 Å². The van der Waals surface area contributed by atoms with Gasteiger partial charge in [-0.1, -0.05) is 0 Å². The average Bonchev–Trinajstić information content (AvgIpc) is 2.16. The Balaban J connectivity index is 0.00000225. The predicted molar refractivity (Wildman–Crippen MR) is 64.4 cm³/mol. The third-order valence-electron chi connectivity index (χ3n) is 2.04. The molecule has 1 rings (SSSR count). The van der Waals surface area contributed by atoms with Gasteiger partial charge in [0.1, 0.15) is 5.82 Å². The van der Waals surface area contributed by atoms with Crippen molar-refractivity contribution in [1.82, 2.24) is 5.32 Å². The predicted octanol–water partition coefficient (Wildman–Crippen LogP) is 1.63. The second-order valence-corrected chi connectivity index (χ2v) is 3.63. The van der Waals surface area contributed by atoms with Gasteiger partial charge in [-0.05, 0) is 37.6 Å². The van der Waals surface area contributed by atoms with E-state index in [4.69, 9.17) is 5.73 Å². The highest BCUT2D eigenvalue weighted by atomic mass is 35.5. The molecule has 3 nitrogen and oxygen atoms in total. The van der Waals surface area contributed by atoms with E-state index in [1.807, 2.05) is 0 Å². The highest BCUT2D eigenvalue weighted by molar-refractivity contribution is 5.94. The van der Waals surface area contributed by atoms with Crippen molar-refractivity contribution in [3.05, 3.63) is 35.1 Å². The first-order valence-electron chi connectivity index (χ1n) is 4.81. The van der Waals surface area contributed by atoms with E-state index in [9.17, 15) is 9.18 Å². The van der Waals surface area contributed by atoms with Gasteiger partial charge in [-0.25, -0.2) is 4.39 Å². The lowest BCUT2D eigenvalue weighted by molar-refractivity contribution is 0.0940. The van der Waals surface area contributed by atoms with Crippen LogP contribution >= 0.6 is 12.4 Å². The fourth-order valence-corrected chi connectivity index (χ4v) is 1.23. The van der Waals surface area contributed by atoms with E-state index >= 15 is 0 Å². The van der Waals surface area contributed by atoms with Crippen molar-refractivity contribution in [1.29, 1.82) is 0 Å². The van der Waals surface area contributed by atoms with Crippen LogP contribution in [0.15, 0.2) is 18.2 Å². The number of nitrogens with two attached hydrogens (primary N) is 1. The molecule has 1 aromatic rings. The smallest absolute Gasteiger partial charge is 0.251 e. The van der Waals surface area contributed by atoms with Crippen LogP contribution in [0.3, 0.4) is 0 Å². The zero-order chi connectivity index (χ0) is 11.4. The summed E-state index contributed by atoms with van der Waals surface area (Å²) in [6, 6.07) is 4.12. The molecule has 0 bridgehead atoms. The molecule has 1 amide bonds. The van der Waals surface area contributed by atoms with Crippen LogP contribution in [-0.4, -0.2) is 18.5 Å². The van der Waals surface area contributed by atoms with Crippen molar-refractivity contribution in [3.8, 4) is 0 Å². The zero-order valence-electron chi connectivity index (χ0n) is 9.29. The summed E-state index contributed by atoms with van der Waals surface area (Å²) in [6.45, 7) is 3.90. The van der Waals surface area contributed by atoms with E-state index in [0.29, 0.717) is 12.1 Å². The van der Waals surface area contributed by atoms with Crippen molar-refractivity contribution < 1.29 is 9.18 Å². The summed E-state index contributed by atoms with van der Waals surface area (Å²) >= 11 is 0. The summed E-state index contributed by atoms with van der Waals surface area (Å²) in [7, 11) is 0. The van der Waals surface area contributed by atoms with Gasteiger partial charge in [0.2, 0.25) is 0 Å². The third-order valence-corrected chi connectivity index (χ3v) is 2.04. The first-order valence-corrected chi connectivity index (χ1v) is 4.81. The van der Waals surface area contributed by atoms with Gasteiger partial charge < -0.3 is 11.1 Å². The zero-order valence-corrected chi connectivity index (χ0v) is 10.1. The van der Waals surface area contributed by atoms with Crippen molar-refractivity contribution >= 4 is 18.3 Å². The molecule has 1 atom stereocenters. The number of carbonyl (C=O) groups is 1. The van der Waals surface area contributed by atoms with Gasteiger partial charge in [-0.15, -0.1) is 12.4 Å². The topological polar surface area (TPSA) is 55.1 Å². The summed E-state index contributed by atoms with van der Waals surface area (Å²) in [6.07, 6.45) is 0. The first kappa shape index (κ1) is 14.9. The second-order valence-electron chi connectivity index (χ2n) is 3.63. The minimum Gasteiger partial charge on any atom is -0.348 e. The lowest BCUT2D eigenvalue weighted by atomic mass is 10.1. The molecule has 0 saturated heterocycles. The normalized spacial score (nSPS) is 11.5. The number of aryl methyl sites for hydroxylation is 1. The number of benzene rings is 1. The number of rotatable bonds is 3. The van der Waals surface area contributed by atoms with Gasteiger partial charge in [0, 0.05) is 18.2 Å². The van der Waals surface area contributed by atoms with Crippen LogP contribution in [0.1, 0.15) is 22.8 Å². The standard InChI is InChI=1S/C11H15FN2O.ClH/c1-7-3-9(5-10(12)4-7)11(15)14-8(2)6-13;/h3-5,8H,6,13H2,1-2H3,(H,14,15);1H/t8-;/m1./s1. The fraction of sp³-hybridized carbons (Fsp3) is 0.364. The Morgan fingerprint density at radius 3 is 2.62 bits per heavy atom. The molecular formula is C11H16ClFN2O. The quantitative estimate of drug-likeness (QED) is 0.852. The highest BCUT2D eigenvalue weighted by Gasteiger charge is 2.09. The van der Waals surface area contributed by atoms with E-state index in [2.05, 4.69) is 5.32 Å². The molecule has 0 unspecified atom stereocenters. The van der Waals surface area contributed by atoms with Crippen LogP contribution in [0.5, 0.6) is 0 Å². The van der Waals surface area contributed by atoms with Gasteiger partial charge in [0.25, 0.3) is 5.91 Å². The fourth-order valence-electron chi connectivity index (χ4n) is 1.23. The molecule has 90 valence electrons. The maximum Gasteiger partial charge on any atom is 0.251 e. The van der Waals surface area contributed by atoms with Crippen LogP contribution in [0.4, 0.5) is 4.39 Å². The SMILES string of the molecule is Cc1cc(F)cc(C(=O)N[C@H](C)CN)c1.Cl. The first-order chi connectivity index (χ1) is 7.02. The minimum atomic E-state index is -0.402. The molecule has 16 heavy (non-hydrogen) atoms. The Bertz CT molecular complexity index is 351. The number of hydrogen-bond acceptors (Lipinski definition) is 2. The Labute approximate surface area is 101 Å². The third kappa shape index (κ3) is 4.16. The van der Waals surface area contributed by atoms with Crippen molar-refractivity contribution in [2.24, 2.45) is 5.73 Å². The maximum atomic E-state index is 13.0. The second kappa shape index (κ2) is 6.45. The monoisotopic (exact) mass is 246 g/mol. The number of nitrogens with one attached hydrogen (secondary N) is 1. The molecule has 0 aromatic heterocycles. The van der Waals surface area contributed by atoms with Crippen LogP contribution in [-0.2, 0) is 0 Å². The van der Waals surface area contributed by atoms with Gasteiger partial charge in [0.15, 0.2) is 0 Å². The molecule has 5 heteroatoms. The molecule has 0 aliphatic heterocycles. The van der Waals surface area contributed by atoms with Gasteiger partial charge in [-0.2, -0.15) is 0 Å². The Kier molecular flexibility index (Phi) is 6.00. The maximum absolute atomic E-state index is 13.0. The number of halogens is 2. The molecule has 0 fully saturated rings. The molecule has 0 spiro atoms. The van der Waals surface area contributed by atoms with Crippen LogP contribution < -0.4 is 11.1 Å². The van der Waals surface area contributed by atoms with Gasteiger partial charge >= 0.3 is 0 Å². The number of hydrogen-bond donors (Lipinski definition) is 2. The van der Waals surface area contributed by atoms with Crippen molar-refractivity contribution in [3.63, 3.8) is 0 Å². The summed E-state index contributed by atoms with van der Waals surface area (Å²) < 4.78 is 13.0. The Morgan fingerprint density at radius 1 is 1.50 bits per heavy atom. The molecule has 1 aromatic carbocycles. The Hall–Kier alpha value is -1.13. The summed E-state index contributed by atoms with van der Waals surface area (Å²) in [5.41, 5.74) is 6.42. The molecule has 0 aliphatic rings. The summed E-state index contributed by atoms with van der Waals surface area (Å²) in [5.74, 6) is -0.698. The summed E-state index contributed by atoms with van der Waals surface area (Å²) in [5, 5.41) is 2.67. The van der Waals surface area contributed by atoms with Gasteiger partial charge in [0.05, 0.1) is 0 Å². The molecular weight excluding hydrogens is 231 g/mol. The lowest BCUT2D eigenvalue weighted by Gasteiger charge is -2.11. The van der Waals surface area contributed by atoms with Crippen molar-refractivity contribution in [2.75, 3.05) is 6.54 Å².